The van der Waals surface area contributed by atoms with Gasteiger partial charge < -0.3 is 10.2 Å². The van der Waals surface area contributed by atoms with E-state index in [2.05, 4.69) is 49.7 Å². The van der Waals surface area contributed by atoms with Crippen molar-refractivity contribution in [1.29, 1.82) is 0 Å². The number of fused-ring (bicyclic) bond motifs is 1. The van der Waals surface area contributed by atoms with Crippen molar-refractivity contribution in [2.24, 2.45) is 11.8 Å². The lowest BCUT2D eigenvalue weighted by Gasteiger charge is -2.24. The maximum absolute atomic E-state index is 4.42. The van der Waals surface area contributed by atoms with Gasteiger partial charge in [0.15, 0.2) is 0 Å². The lowest BCUT2D eigenvalue weighted by Crippen LogP contribution is -2.34. The van der Waals surface area contributed by atoms with Gasteiger partial charge in [0.1, 0.15) is 0 Å². The minimum atomic E-state index is 0.556. The lowest BCUT2D eigenvalue weighted by atomic mass is 9.95. The third kappa shape index (κ3) is 1.69. The smallest absolute Gasteiger partial charge is 0.225 e. The minimum absolute atomic E-state index is 0.556. The second-order valence-corrected chi connectivity index (χ2v) is 5.92. The highest BCUT2D eigenvalue weighted by Crippen LogP contribution is 2.34. The summed E-state index contributed by atoms with van der Waals surface area (Å²) in [5.74, 6) is 2.43. The van der Waals surface area contributed by atoms with Crippen molar-refractivity contribution < 1.29 is 0 Å². The maximum atomic E-state index is 4.42. The zero-order chi connectivity index (χ0) is 11.1. The van der Waals surface area contributed by atoms with E-state index in [1.807, 2.05) is 12.4 Å². The van der Waals surface area contributed by atoms with Crippen molar-refractivity contribution in [2.45, 2.75) is 13.0 Å². The van der Waals surface area contributed by atoms with Crippen molar-refractivity contribution in [3.05, 3.63) is 16.0 Å². The average Bonchev–Trinajstić information content (AvgIpc) is 2.84. The molecule has 3 rings (SSSR count). The van der Waals surface area contributed by atoms with Crippen molar-refractivity contribution in [3.63, 3.8) is 0 Å². The SMILES string of the molecule is CC1C2CNCC2CN1c1ncc(I)cn1. The highest BCUT2D eigenvalue weighted by Gasteiger charge is 2.42. The van der Waals surface area contributed by atoms with Gasteiger partial charge in [-0.3, -0.25) is 0 Å². The van der Waals surface area contributed by atoms with Gasteiger partial charge in [-0.25, -0.2) is 9.97 Å². The van der Waals surface area contributed by atoms with Crippen molar-refractivity contribution in [1.82, 2.24) is 15.3 Å². The summed E-state index contributed by atoms with van der Waals surface area (Å²) in [6.45, 7) is 5.68. The van der Waals surface area contributed by atoms with Crippen LogP contribution in [0.1, 0.15) is 6.92 Å². The Morgan fingerprint density at radius 2 is 2.12 bits per heavy atom. The molecule has 2 saturated heterocycles. The molecule has 0 bridgehead atoms. The summed E-state index contributed by atoms with van der Waals surface area (Å²) < 4.78 is 1.09. The molecule has 2 aliphatic rings. The van der Waals surface area contributed by atoms with Gasteiger partial charge in [0.2, 0.25) is 5.95 Å². The van der Waals surface area contributed by atoms with Crippen LogP contribution in [0.4, 0.5) is 5.95 Å². The van der Waals surface area contributed by atoms with Crippen molar-refractivity contribution in [2.75, 3.05) is 24.5 Å². The molecule has 0 aliphatic carbocycles. The molecule has 16 heavy (non-hydrogen) atoms. The Balaban J connectivity index is 1.83. The van der Waals surface area contributed by atoms with Gasteiger partial charge in [-0.2, -0.15) is 0 Å². The number of nitrogens with one attached hydrogen (secondary N) is 1. The summed E-state index contributed by atoms with van der Waals surface area (Å²) in [6.07, 6.45) is 3.78. The van der Waals surface area contributed by atoms with E-state index in [-0.39, 0.29) is 0 Å². The zero-order valence-corrected chi connectivity index (χ0v) is 11.4. The van der Waals surface area contributed by atoms with Gasteiger partial charge in [0.25, 0.3) is 0 Å². The maximum Gasteiger partial charge on any atom is 0.225 e. The molecule has 0 spiro atoms. The third-order valence-corrected chi connectivity index (χ3v) is 4.36. The van der Waals surface area contributed by atoms with Gasteiger partial charge in [0, 0.05) is 41.6 Å². The molecule has 2 fully saturated rings. The van der Waals surface area contributed by atoms with Crippen LogP contribution in [-0.4, -0.2) is 35.6 Å². The molecule has 0 radical (unpaired) electrons. The fraction of sp³-hybridized carbons (Fsp3) is 0.636. The van der Waals surface area contributed by atoms with Crippen LogP contribution >= 0.6 is 22.6 Å². The van der Waals surface area contributed by atoms with Gasteiger partial charge in [-0.05, 0) is 41.4 Å². The second kappa shape index (κ2) is 4.10. The Hall–Kier alpha value is -0.430. The van der Waals surface area contributed by atoms with Crippen LogP contribution in [-0.2, 0) is 0 Å². The highest BCUT2D eigenvalue weighted by molar-refractivity contribution is 14.1. The predicted molar refractivity (Wildman–Crippen MR) is 71.4 cm³/mol. The van der Waals surface area contributed by atoms with Crippen LogP contribution in [0.15, 0.2) is 12.4 Å². The minimum Gasteiger partial charge on any atom is -0.337 e. The molecule has 3 unspecified atom stereocenters. The average molecular weight is 330 g/mol. The fourth-order valence-electron chi connectivity index (χ4n) is 2.89. The summed E-state index contributed by atoms with van der Waals surface area (Å²) >= 11 is 2.24. The first-order chi connectivity index (χ1) is 7.75. The molecular formula is C11H15IN4. The van der Waals surface area contributed by atoms with E-state index in [9.17, 15) is 0 Å². The molecule has 1 aromatic rings. The van der Waals surface area contributed by atoms with Crippen LogP contribution < -0.4 is 10.2 Å². The summed E-state index contributed by atoms with van der Waals surface area (Å²) in [5.41, 5.74) is 0. The first kappa shape index (κ1) is 10.7. The highest BCUT2D eigenvalue weighted by atomic mass is 127. The Kier molecular flexibility index (Phi) is 2.75. The number of aromatic nitrogens is 2. The Morgan fingerprint density at radius 3 is 2.81 bits per heavy atom. The van der Waals surface area contributed by atoms with Crippen LogP contribution in [0.5, 0.6) is 0 Å². The van der Waals surface area contributed by atoms with Gasteiger partial charge in [-0.15, -0.1) is 0 Å². The van der Waals surface area contributed by atoms with E-state index in [4.69, 9.17) is 0 Å². The van der Waals surface area contributed by atoms with E-state index >= 15 is 0 Å². The predicted octanol–water partition coefficient (Wildman–Crippen LogP) is 1.13. The molecule has 3 atom stereocenters. The monoisotopic (exact) mass is 330 g/mol. The molecule has 0 saturated carbocycles. The van der Waals surface area contributed by atoms with Gasteiger partial charge >= 0.3 is 0 Å². The molecule has 0 aromatic carbocycles. The summed E-state index contributed by atoms with van der Waals surface area (Å²) in [5, 5.41) is 3.47. The largest absolute Gasteiger partial charge is 0.337 e. The van der Waals surface area contributed by atoms with Crippen molar-refractivity contribution >= 4 is 28.5 Å². The fourth-order valence-corrected chi connectivity index (χ4v) is 3.16. The number of halogens is 1. The second-order valence-electron chi connectivity index (χ2n) is 4.68. The quantitative estimate of drug-likeness (QED) is 0.784. The van der Waals surface area contributed by atoms with E-state index < -0.39 is 0 Å². The molecule has 2 aliphatic heterocycles. The van der Waals surface area contributed by atoms with Gasteiger partial charge in [0.05, 0.1) is 0 Å². The topological polar surface area (TPSA) is 41.0 Å². The normalized spacial score (nSPS) is 33.1. The summed E-state index contributed by atoms with van der Waals surface area (Å²) in [4.78, 5) is 11.2. The Labute approximate surface area is 109 Å². The molecule has 86 valence electrons. The number of hydrogen-bond donors (Lipinski definition) is 1. The molecule has 1 N–H and O–H groups in total. The molecule has 0 amide bonds. The molecular weight excluding hydrogens is 315 g/mol. The molecule has 3 heterocycles. The first-order valence-electron chi connectivity index (χ1n) is 5.70. The summed E-state index contributed by atoms with van der Waals surface area (Å²) in [7, 11) is 0. The third-order valence-electron chi connectivity index (χ3n) is 3.80. The first-order valence-corrected chi connectivity index (χ1v) is 6.78. The van der Waals surface area contributed by atoms with Crippen molar-refractivity contribution in [3.8, 4) is 0 Å². The van der Waals surface area contributed by atoms with Gasteiger partial charge in [-0.1, -0.05) is 0 Å². The standard InChI is InChI=1S/C11H15IN4/c1-7-10-5-13-2-8(10)6-16(7)11-14-3-9(12)4-15-11/h3-4,7-8,10,13H,2,5-6H2,1H3. The Morgan fingerprint density at radius 1 is 1.38 bits per heavy atom. The number of hydrogen-bond acceptors (Lipinski definition) is 4. The molecule has 5 heteroatoms. The summed E-state index contributed by atoms with van der Waals surface area (Å²) in [6, 6.07) is 0.556. The zero-order valence-electron chi connectivity index (χ0n) is 9.23. The van der Waals surface area contributed by atoms with E-state index in [0.29, 0.717) is 6.04 Å². The molecule has 1 aromatic heterocycles. The number of rotatable bonds is 1. The van der Waals surface area contributed by atoms with E-state index in [1.165, 1.54) is 0 Å². The lowest BCUT2D eigenvalue weighted by molar-refractivity contribution is 0.470. The van der Waals surface area contributed by atoms with E-state index in [0.717, 1.165) is 41.0 Å². The van der Waals surface area contributed by atoms with Crippen LogP contribution in [0.2, 0.25) is 0 Å². The van der Waals surface area contributed by atoms with Crippen LogP contribution in [0.3, 0.4) is 0 Å². The number of nitrogens with zero attached hydrogens (tertiary/aromatic N) is 3. The van der Waals surface area contributed by atoms with E-state index in [1.54, 1.807) is 0 Å². The Bertz CT molecular complexity index is 380. The molecule has 4 nitrogen and oxygen atoms in total. The number of anilines is 1. The van der Waals surface area contributed by atoms with Crippen LogP contribution in [0, 0.1) is 15.4 Å². The van der Waals surface area contributed by atoms with Crippen LogP contribution in [0.25, 0.3) is 0 Å².